The number of non-ortho nitro benzene ring substituents is 1. The second-order valence-corrected chi connectivity index (χ2v) is 5.13. The monoisotopic (exact) mass is 281 g/mol. The smallest absolute Gasteiger partial charge is 0.269 e. The molecule has 2 aromatic carbocycles. The summed E-state index contributed by atoms with van der Waals surface area (Å²) in [7, 11) is 1.64. The standard InChI is InChI=1S/C17H15NO3/c1-11-9-12-7-8-13(18(19)20)10-15(12)17(11)14-5-3-4-6-16(14)21-2/h3-10,17H,1-2H3. The van der Waals surface area contributed by atoms with Crippen molar-refractivity contribution in [3.63, 3.8) is 0 Å². The summed E-state index contributed by atoms with van der Waals surface area (Å²) in [6, 6.07) is 12.8. The van der Waals surface area contributed by atoms with E-state index in [2.05, 4.69) is 6.08 Å². The normalized spacial score (nSPS) is 16.3. The second kappa shape index (κ2) is 5.05. The van der Waals surface area contributed by atoms with Gasteiger partial charge in [-0.25, -0.2) is 0 Å². The van der Waals surface area contributed by atoms with Gasteiger partial charge in [-0.05, 0) is 30.2 Å². The van der Waals surface area contributed by atoms with E-state index >= 15 is 0 Å². The summed E-state index contributed by atoms with van der Waals surface area (Å²) in [5.41, 5.74) is 4.32. The molecule has 0 fully saturated rings. The molecule has 0 saturated carbocycles. The van der Waals surface area contributed by atoms with Gasteiger partial charge < -0.3 is 4.74 Å². The van der Waals surface area contributed by atoms with Gasteiger partial charge in [0.05, 0.1) is 12.0 Å². The fourth-order valence-electron chi connectivity index (χ4n) is 2.95. The molecule has 1 atom stereocenters. The molecule has 0 aromatic heterocycles. The summed E-state index contributed by atoms with van der Waals surface area (Å²) >= 11 is 0. The van der Waals surface area contributed by atoms with Crippen LogP contribution >= 0.6 is 0 Å². The molecule has 0 bridgehead atoms. The lowest BCUT2D eigenvalue weighted by Gasteiger charge is -2.18. The zero-order valence-corrected chi connectivity index (χ0v) is 11.9. The van der Waals surface area contributed by atoms with Crippen LogP contribution in [0.4, 0.5) is 5.69 Å². The number of nitro groups is 1. The average molecular weight is 281 g/mol. The van der Waals surface area contributed by atoms with Crippen LogP contribution in [0.3, 0.4) is 0 Å². The third-order valence-electron chi connectivity index (χ3n) is 3.88. The first-order valence-electron chi connectivity index (χ1n) is 6.71. The van der Waals surface area contributed by atoms with Gasteiger partial charge in [0.25, 0.3) is 5.69 Å². The molecule has 1 aliphatic rings. The van der Waals surface area contributed by atoms with E-state index in [9.17, 15) is 10.1 Å². The minimum absolute atomic E-state index is 0.0102. The number of allylic oxidation sites excluding steroid dienone is 1. The van der Waals surface area contributed by atoms with Crippen molar-refractivity contribution in [2.45, 2.75) is 12.8 Å². The van der Waals surface area contributed by atoms with Crippen molar-refractivity contribution in [3.8, 4) is 5.75 Å². The zero-order chi connectivity index (χ0) is 15.0. The van der Waals surface area contributed by atoms with Crippen LogP contribution in [0.5, 0.6) is 5.75 Å². The SMILES string of the molecule is COc1ccccc1C1C(C)=Cc2ccc([N+](=O)[O-])cc21. The third-order valence-corrected chi connectivity index (χ3v) is 3.88. The number of nitrogens with zero attached hydrogens (tertiary/aromatic N) is 1. The highest BCUT2D eigenvalue weighted by Gasteiger charge is 2.28. The molecule has 4 nitrogen and oxygen atoms in total. The van der Waals surface area contributed by atoms with Gasteiger partial charge in [-0.1, -0.05) is 29.8 Å². The van der Waals surface area contributed by atoms with Crippen LogP contribution in [-0.2, 0) is 0 Å². The molecule has 0 radical (unpaired) electrons. The molecule has 1 aliphatic carbocycles. The molecule has 4 heteroatoms. The Balaban J connectivity index is 2.16. The number of rotatable bonds is 3. The Labute approximate surface area is 122 Å². The largest absolute Gasteiger partial charge is 0.496 e. The Hall–Kier alpha value is -2.62. The van der Waals surface area contributed by atoms with Crippen LogP contribution in [0.25, 0.3) is 6.08 Å². The van der Waals surface area contributed by atoms with E-state index in [1.165, 1.54) is 0 Å². The maximum absolute atomic E-state index is 11.0. The molecule has 1 unspecified atom stereocenters. The Morgan fingerprint density at radius 3 is 2.62 bits per heavy atom. The summed E-state index contributed by atoms with van der Waals surface area (Å²) in [4.78, 5) is 10.7. The highest BCUT2D eigenvalue weighted by molar-refractivity contribution is 5.71. The first-order valence-corrected chi connectivity index (χ1v) is 6.71. The van der Waals surface area contributed by atoms with E-state index in [4.69, 9.17) is 4.74 Å². The predicted molar refractivity (Wildman–Crippen MR) is 81.6 cm³/mol. The Kier molecular flexibility index (Phi) is 3.22. The molecular weight excluding hydrogens is 266 g/mol. The number of ether oxygens (including phenoxy) is 1. The highest BCUT2D eigenvalue weighted by atomic mass is 16.6. The number of nitro benzene ring substituents is 1. The van der Waals surface area contributed by atoms with E-state index in [0.717, 1.165) is 28.0 Å². The summed E-state index contributed by atoms with van der Waals surface area (Å²) in [6.45, 7) is 2.04. The molecule has 0 aliphatic heterocycles. The summed E-state index contributed by atoms with van der Waals surface area (Å²) < 4.78 is 5.44. The molecule has 0 spiro atoms. The maximum Gasteiger partial charge on any atom is 0.269 e. The van der Waals surface area contributed by atoms with Gasteiger partial charge in [-0.15, -0.1) is 0 Å². The molecule has 0 amide bonds. The number of hydrogen-bond donors (Lipinski definition) is 0. The Bertz CT molecular complexity index is 749. The van der Waals surface area contributed by atoms with Crippen molar-refractivity contribution >= 4 is 11.8 Å². The van der Waals surface area contributed by atoms with Crippen LogP contribution in [-0.4, -0.2) is 12.0 Å². The summed E-state index contributed by atoms with van der Waals surface area (Å²) in [6.07, 6.45) is 2.08. The quantitative estimate of drug-likeness (QED) is 0.627. The molecule has 0 heterocycles. The number of methoxy groups -OCH3 is 1. The number of fused-ring (bicyclic) bond motifs is 1. The second-order valence-electron chi connectivity index (χ2n) is 5.13. The van der Waals surface area contributed by atoms with Crippen molar-refractivity contribution in [1.29, 1.82) is 0 Å². The topological polar surface area (TPSA) is 52.4 Å². The molecule has 2 aromatic rings. The van der Waals surface area contributed by atoms with Gasteiger partial charge >= 0.3 is 0 Å². The van der Waals surface area contributed by atoms with Gasteiger partial charge in [-0.2, -0.15) is 0 Å². The molecule has 0 saturated heterocycles. The first-order chi connectivity index (χ1) is 10.1. The van der Waals surface area contributed by atoms with E-state index < -0.39 is 0 Å². The van der Waals surface area contributed by atoms with Gasteiger partial charge in [-0.3, -0.25) is 10.1 Å². The van der Waals surface area contributed by atoms with E-state index in [1.54, 1.807) is 19.2 Å². The van der Waals surface area contributed by atoms with Crippen molar-refractivity contribution < 1.29 is 9.66 Å². The predicted octanol–water partition coefficient (Wildman–Crippen LogP) is 4.15. The fourth-order valence-corrected chi connectivity index (χ4v) is 2.95. The van der Waals surface area contributed by atoms with Crippen molar-refractivity contribution in [1.82, 2.24) is 0 Å². The Morgan fingerprint density at radius 1 is 1.14 bits per heavy atom. The first kappa shape index (κ1) is 13.4. The van der Waals surface area contributed by atoms with Gasteiger partial charge in [0.1, 0.15) is 5.75 Å². The van der Waals surface area contributed by atoms with Crippen LogP contribution < -0.4 is 4.74 Å². The fraction of sp³-hybridized carbons (Fsp3) is 0.176. The van der Waals surface area contributed by atoms with E-state index in [-0.39, 0.29) is 16.5 Å². The van der Waals surface area contributed by atoms with Gasteiger partial charge in [0.2, 0.25) is 0 Å². The van der Waals surface area contributed by atoms with Crippen LogP contribution in [0.1, 0.15) is 29.5 Å². The van der Waals surface area contributed by atoms with Gasteiger partial charge in [0, 0.05) is 23.6 Å². The van der Waals surface area contributed by atoms with Crippen LogP contribution in [0.15, 0.2) is 48.0 Å². The van der Waals surface area contributed by atoms with Crippen molar-refractivity contribution in [2.75, 3.05) is 7.11 Å². The summed E-state index contributed by atoms with van der Waals surface area (Å²) in [5, 5.41) is 11.0. The molecule has 106 valence electrons. The number of para-hydroxylation sites is 1. The van der Waals surface area contributed by atoms with Crippen LogP contribution in [0.2, 0.25) is 0 Å². The molecule has 21 heavy (non-hydrogen) atoms. The lowest BCUT2D eigenvalue weighted by molar-refractivity contribution is -0.384. The molecule has 3 rings (SSSR count). The highest BCUT2D eigenvalue weighted by Crippen LogP contribution is 2.44. The van der Waals surface area contributed by atoms with E-state index in [0.29, 0.717) is 0 Å². The molecular formula is C17H15NO3. The average Bonchev–Trinajstić information content (AvgIpc) is 2.81. The minimum atomic E-state index is -0.354. The molecule has 0 N–H and O–H groups in total. The number of benzene rings is 2. The Morgan fingerprint density at radius 2 is 1.90 bits per heavy atom. The minimum Gasteiger partial charge on any atom is -0.496 e. The lowest BCUT2D eigenvalue weighted by atomic mass is 9.88. The van der Waals surface area contributed by atoms with Crippen molar-refractivity contribution in [2.24, 2.45) is 0 Å². The third kappa shape index (κ3) is 2.18. The van der Waals surface area contributed by atoms with Crippen molar-refractivity contribution in [3.05, 3.63) is 74.8 Å². The lowest BCUT2D eigenvalue weighted by Crippen LogP contribution is -2.03. The number of hydrogen-bond acceptors (Lipinski definition) is 3. The van der Waals surface area contributed by atoms with Crippen LogP contribution in [0, 0.1) is 10.1 Å². The summed E-state index contributed by atoms with van der Waals surface area (Å²) in [5.74, 6) is 0.811. The zero-order valence-electron chi connectivity index (χ0n) is 11.9. The van der Waals surface area contributed by atoms with Gasteiger partial charge in [0.15, 0.2) is 0 Å². The van der Waals surface area contributed by atoms with E-state index in [1.807, 2.05) is 37.3 Å². The maximum atomic E-state index is 11.0.